The Kier molecular flexibility index (Phi) is 4.08. The molecule has 2 aliphatic rings. The molecule has 0 amide bonds. The lowest BCUT2D eigenvalue weighted by Gasteiger charge is -2.43. The Bertz CT molecular complexity index is 273. The van der Waals surface area contributed by atoms with Gasteiger partial charge in [0.25, 0.3) is 0 Å². The lowest BCUT2D eigenvalue weighted by Crippen LogP contribution is -2.48. The smallest absolute Gasteiger partial charge is 0.0899 e. The van der Waals surface area contributed by atoms with Crippen molar-refractivity contribution in [3.05, 3.63) is 0 Å². The largest absolute Gasteiger partial charge is 0.389 e. The van der Waals surface area contributed by atoms with Gasteiger partial charge in [0.05, 0.1) is 17.8 Å². The molecule has 1 aliphatic heterocycles. The Hall–Kier alpha value is -0.0800. The standard InChI is InChI=1S/C16H30O2/c1-10(2)8-16(17,9-11(3)4)14-12(5)6-7-13-15(14)18-13/h10-15,17H,6-9H2,1-5H3/t12-,13+,14?,15?/m1/s1. The molecule has 1 saturated carbocycles. The third-order valence-corrected chi connectivity index (χ3v) is 4.64. The van der Waals surface area contributed by atoms with E-state index in [0.717, 1.165) is 12.8 Å². The zero-order valence-electron chi connectivity index (χ0n) is 12.6. The van der Waals surface area contributed by atoms with Crippen LogP contribution in [0, 0.1) is 23.7 Å². The lowest BCUT2D eigenvalue weighted by molar-refractivity contribution is -0.0824. The fourth-order valence-electron chi connectivity index (χ4n) is 4.24. The highest BCUT2D eigenvalue weighted by molar-refractivity contribution is 5.05. The van der Waals surface area contributed by atoms with Crippen LogP contribution in [0.15, 0.2) is 0 Å². The van der Waals surface area contributed by atoms with Gasteiger partial charge in [0, 0.05) is 5.92 Å². The molecule has 0 aromatic rings. The van der Waals surface area contributed by atoms with E-state index >= 15 is 0 Å². The van der Waals surface area contributed by atoms with Gasteiger partial charge in [-0.3, -0.25) is 0 Å². The molecule has 106 valence electrons. The first-order valence-electron chi connectivity index (χ1n) is 7.71. The van der Waals surface area contributed by atoms with E-state index in [2.05, 4.69) is 34.6 Å². The Morgan fingerprint density at radius 3 is 2.17 bits per heavy atom. The molecule has 2 unspecified atom stereocenters. The summed E-state index contributed by atoms with van der Waals surface area (Å²) in [6, 6.07) is 0. The van der Waals surface area contributed by atoms with Crippen molar-refractivity contribution in [3.8, 4) is 0 Å². The zero-order valence-corrected chi connectivity index (χ0v) is 12.6. The van der Waals surface area contributed by atoms with Gasteiger partial charge in [0.15, 0.2) is 0 Å². The van der Waals surface area contributed by atoms with E-state index in [1.54, 1.807) is 0 Å². The molecule has 1 heterocycles. The fraction of sp³-hybridized carbons (Fsp3) is 1.00. The molecule has 1 aliphatic carbocycles. The molecule has 18 heavy (non-hydrogen) atoms. The Labute approximate surface area is 112 Å². The SMILES string of the molecule is CC(C)CC(O)(CC(C)C)C1C2O[C@H]2CC[C@H]1C. The van der Waals surface area contributed by atoms with Crippen LogP contribution < -0.4 is 0 Å². The highest BCUT2D eigenvalue weighted by Crippen LogP contribution is 2.51. The summed E-state index contributed by atoms with van der Waals surface area (Å²) < 4.78 is 5.81. The van der Waals surface area contributed by atoms with Crippen molar-refractivity contribution in [2.45, 2.75) is 78.1 Å². The molecule has 4 atom stereocenters. The zero-order chi connectivity index (χ0) is 13.5. The Morgan fingerprint density at radius 1 is 1.11 bits per heavy atom. The maximum Gasteiger partial charge on any atom is 0.0899 e. The molecule has 2 nitrogen and oxygen atoms in total. The van der Waals surface area contributed by atoms with Gasteiger partial charge in [-0.1, -0.05) is 34.6 Å². The number of hydrogen-bond donors (Lipinski definition) is 1. The third kappa shape index (κ3) is 2.91. The lowest BCUT2D eigenvalue weighted by atomic mass is 9.65. The molecule has 0 bridgehead atoms. The molecule has 1 N–H and O–H groups in total. The van der Waals surface area contributed by atoms with Crippen LogP contribution in [-0.4, -0.2) is 22.9 Å². The number of ether oxygens (including phenoxy) is 1. The van der Waals surface area contributed by atoms with E-state index in [0.29, 0.717) is 35.9 Å². The van der Waals surface area contributed by atoms with Gasteiger partial charge < -0.3 is 9.84 Å². The molecular formula is C16H30O2. The number of epoxide rings is 1. The molecule has 0 spiro atoms. The van der Waals surface area contributed by atoms with E-state index in [9.17, 15) is 5.11 Å². The van der Waals surface area contributed by atoms with Crippen LogP contribution in [0.2, 0.25) is 0 Å². The van der Waals surface area contributed by atoms with Crippen molar-refractivity contribution in [1.82, 2.24) is 0 Å². The van der Waals surface area contributed by atoms with E-state index in [-0.39, 0.29) is 0 Å². The summed E-state index contributed by atoms with van der Waals surface area (Å²) in [5.41, 5.74) is -0.526. The van der Waals surface area contributed by atoms with Crippen LogP contribution in [0.4, 0.5) is 0 Å². The third-order valence-electron chi connectivity index (χ3n) is 4.64. The van der Waals surface area contributed by atoms with Crippen LogP contribution in [0.3, 0.4) is 0 Å². The average Bonchev–Trinajstić information content (AvgIpc) is 2.92. The van der Waals surface area contributed by atoms with E-state index < -0.39 is 5.60 Å². The molecular weight excluding hydrogens is 224 g/mol. The first-order valence-corrected chi connectivity index (χ1v) is 7.71. The number of hydrogen-bond acceptors (Lipinski definition) is 2. The summed E-state index contributed by atoms with van der Waals surface area (Å²) in [5, 5.41) is 11.3. The minimum atomic E-state index is -0.526. The van der Waals surface area contributed by atoms with Gasteiger partial charge in [0.1, 0.15) is 0 Å². The van der Waals surface area contributed by atoms with Gasteiger partial charge in [-0.25, -0.2) is 0 Å². The maximum absolute atomic E-state index is 11.3. The second kappa shape index (κ2) is 5.13. The molecule has 2 fully saturated rings. The molecule has 0 radical (unpaired) electrons. The maximum atomic E-state index is 11.3. The molecule has 0 aromatic heterocycles. The van der Waals surface area contributed by atoms with Crippen molar-refractivity contribution in [1.29, 1.82) is 0 Å². The topological polar surface area (TPSA) is 32.8 Å². The van der Waals surface area contributed by atoms with Crippen molar-refractivity contribution in [2.75, 3.05) is 0 Å². The quantitative estimate of drug-likeness (QED) is 0.760. The van der Waals surface area contributed by atoms with Crippen LogP contribution in [0.25, 0.3) is 0 Å². The van der Waals surface area contributed by atoms with E-state index in [1.807, 2.05) is 0 Å². The van der Waals surface area contributed by atoms with Crippen molar-refractivity contribution in [2.24, 2.45) is 23.7 Å². The van der Waals surface area contributed by atoms with Crippen LogP contribution in [-0.2, 0) is 4.74 Å². The molecule has 1 saturated heterocycles. The van der Waals surface area contributed by atoms with Crippen LogP contribution in [0.1, 0.15) is 60.3 Å². The van der Waals surface area contributed by atoms with Gasteiger partial charge in [-0.15, -0.1) is 0 Å². The summed E-state index contributed by atoms with van der Waals surface area (Å²) in [4.78, 5) is 0. The van der Waals surface area contributed by atoms with Crippen LogP contribution in [0.5, 0.6) is 0 Å². The predicted molar refractivity (Wildman–Crippen MR) is 74.4 cm³/mol. The fourth-order valence-corrected chi connectivity index (χ4v) is 4.24. The van der Waals surface area contributed by atoms with Gasteiger partial charge >= 0.3 is 0 Å². The molecule has 2 rings (SSSR count). The van der Waals surface area contributed by atoms with Crippen molar-refractivity contribution < 1.29 is 9.84 Å². The Morgan fingerprint density at radius 2 is 1.67 bits per heavy atom. The monoisotopic (exact) mass is 254 g/mol. The summed E-state index contributed by atoms with van der Waals surface area (Å²) in [6.07, 6.45) is 5.03. The minimum Gasteiger partial charge on any atom is -0.389 e. The summed E-state index contributed by atoms with van der Waals surface area (Å²) in [5.74, 6) is 2.03. The highest BCUT2D eigenvalue weighted by atomic mass is 16.6. The van der Waals surface area contributed by atoms with Crippen molar-refractivity contribution >= 4 is 0 Å². The van der Waals surface area contributed by atoms with E-state index in [1.165, 1.54) is 12.8 Å². The van der Waals surface area contributed by atoms with Crippen molar-refractivity contribution in [3.63, 3.8) is 0 Å². The number of fused-ring (bicyclic) bond motifs is 1. The highest BCUT2D eigenvalue weighted by Gasteiger charge is 2.57. The summed E-state index contributed by atoms with van der Waals surface area (Å²) in [6.45, 7) is 11.1. The van der Waals surface area contributed by atoms with Crippen LogP contribution >= 0.6 is 0 Å². The van der Waals surface area contributed by atoms with Gasteiger partial charge in [-0.05, 0) is 43.4 Å². The van der Waals surface area contributed by atoms with Gasteiger partial charge in [0.2, 0.25) is 0 Å². The Balaban J connectivity index is 2.16. The molecule has 2 heteroatoms. The normalized spacial score (nSPS) is 36.0. The van der Waals surface area contributed by atoms with Gasteiger partial charge in [-0.2, -0.15) is 0 Å². The predicted octanol–water partition coefficient (Wildman–Crippen LogP) is 3.62. The first kappa shape index (κ1) is 14.3. The molecule has 0 aromatic carbocycles. The first-order chi connectivity index (χ1) is 8.33. The number of aliphatic hydroxyl groups is 1. The number of rotatable bonds is 5. The summed E-state index contributed by atoms with van der Waals surface area (Å²) in [7, 11) is 0. The van der Waals surface area contributed by atoms with E-state index in [4.69, 9.17) is 4.74 Å². The second-order valence-electron chi connectivity index (χ2n) is 7.52. The second-order valence-corrected chi connectivity index (χ2v) is 7.52. The summed E-state index contributed by atoms with van der Waals surface area (Å²) >= 11 is 0. The average molecular weight is 254 g/mol. The minimum absolute atomic E-state index is 0.344.